The maximum Gasteiger partial charge on any atom is 0.226 e. The van der Waals surface area contributed by atoms with E-state index in [9.17, 15) is 4.79 Å². The Labute approximate surface area is 126 Å². The Morgan fingerprint density at radius 2 is 2.05 bits per heavy atom. The Morgan fingerprint density at radius 1 is 1.29 bits per heavy atom. The highest BCUT2D eigenvalue weighted by Gasteiger charge is 2.35. The van der Waals surface area contributed by atoms with Crippen molar-refractivity contribution in [1.29, 1.82) is 0 Å². The molecule has 1 N–H and O–H groups in total. The van der Waals surface area contributed by atoms with Gasteiger partial charge in [-0.15, -0.1) is 0 Å². The minimum atomic E-state index is 0.0203. The van der Waals surface area contributed by atoms with Crippen LogP contribution in [-0.2, 0) is 9.53 Å². The van der Waals surface area contributed by atoms with Gasteiger partial charge in [-0.2, -0.15) is 5.10 Å². The van der Waals surface area contributed by atoms with Crippen molar-refractivity contribution in [2.45, 2.75) is 52.0 Å². The molecular formula is C16H25N3O2. The summed E-state index contributed by atoms with van der Waals surface area (Å²) in [4.78, 5) is 15.0. The number of aromatic nitrogens is 2. The molecule has 1 aromatic rings. The monoisotopic (exact) mass is 291 g/mol. The van der Waals surface area contributed by atoms with Gasteiger partial charge >= 0.3 is 0 Å². The summed E-state index contributed by atoms with van der Waals surface area (Å²) in [5.41, 5.74) is 3.16. The van der Waals surface area contributed by atoms with Crippen molar-refractivity contribution < 1.29 is 9.53 Å². The Bertz CT molecular complexity index is 486. The van der Waals surface area contributed by atoms with Crippen LogP contribution in [-0.4, -0.2) is 40.8 Å². The zero-order valence-electron chi connectivity index (χ0n) is 13.0. The summed E-state index contributed by atoms with van der Waals surface area (Å²) in [6.07, 6.45) is 5.75. The number of carbonyl (C=O) groups is 1. The third-order valence-electron chi connectivity index (χ3n) is 4.88. The molecule has 2 heterocycles. The lowest BCUT2D eigenvalue weighted by Gasteiger charge is -2.38. The molecule has 1 saturated heterocycles. The predicted octanol–water partition coefficient (Wildman–Crippen LogP) is 2.51. The number of nitrogens with one attached hydrogen (secondary N) is 1. The molecule has 1 atom stereocenters. The van der Waals surface area contributed by atoms with Gasteiger partial charge in [-0.25, -0.2) is 0 Å². The van der Waals surface area contributed by atoms with E-state index < -0.39 is 0 Å². The molecule has 0 bridgehead atoms. The highest BCUT2D eigenvalue weighted by atomic mass is 16.5. The van der Waals surface area contributed by atoms with Crippen LogP contribution in [0.25, 0.3) is 0 Å². The van der Waals surface area contributed by atoms with E-state index in [1.54, 1.807) is 0 Å². The van der Waals surface area contributed by atoms with Gasteiger partial charge in [0.05, 0.1) is 24.9 Å². The third-order valence-corrected chi connectivity index (χ3v) is 4.88. The highest BCUT2D eigenvalue weighted by molar-refractivity contribution is 5.79. The maximum absolute atomic E-state index is 12.9. The molecule has 3 rings (SSSR count). The summed E-state index contributed by atoms with van der Waals surface area (Å²) in [5, 5.41) is 7.31. The number of hydrogen-bond donors (Lipinski definition) is 1. The number of morpholine rings is 1. The van der Waals surface area contributed by atoms with Crippen LogP contribution in [0, 0.1) is 19.8 Å². The summed E-state index contributed by atoms with van der Waals surface area (Å²) in [6.45, 7) is 5.94. The van der Waals surface area contributed by atoms with Crippen molar-refractivity contribution in [2.24, 2.45) is 5.92 Å². The Hall–Kier alpha value is -1.36. The smallest absolute Gasteiger partial charge is 0.226 e. The van der Waals surface area contributed by atoms with Crippen molar-refractivity contribution in [1.82, 2.24) is 15.1 Å². The zero-order chi connectivity index (χ0) is 14.8. The zero-order valence-corrected chi connectivity index (χ0v) is 13.0. The van der Waals surface area contributed by atoms with Gasteiger partial charge in [0.1, 0.15) is 0 Å². The first-order valence-electron chi connectivity index (χ1n) is 8.08. The second-order valence-electron chi connectivity index (χ2n) is 6.30. The number of aryl methyl sites for hydroxylation is 2. The largest absolute Gasteiger partial charge is 0.377 e. The quantitative estimate of drug-likeness (QED) is 0.911. The summed E-state index contributed by atoms with van der Waals surface area (Å²) >= 11 is 0. The Kier molecular flexibility index (Phi) is 4.29. The fraction of sp³-hybridized carbons (Fsp3) is 0.750. The molecule has 2 fully saturated rings. The van der Waals surface area contributed by atoms with Gasteiger partial charge in [-0.1, -0.05) is 19.3 Å². The first kappa shape index (κ1) is 14.6. The first-order valence-corrected chi connectivity index (χ1v) is 8.08. The molecule has 1 amide bonds. The number of H-pyrrole nitrogens is 1. The van der Waals surface area contributed by atoms with Crippen LogP contribution in [0.2, 0.25) is 0 Å². The van der Waals surface area contributed by atoms with Crippen LogP contribution in [0.3, 0.4) is 0 Å². The predicted molar refractivity (Wildman–Crippen MR) is 79.9 cm³/mol. The second-order valence-corrected chi connectivity index (χ2v) is 6.30. The lowest BCUT2D eigenvalue weighted by Crippen LogP contribution is -2.46. The van der Waals surface area contributed by atoms with E-state index in [1.165, 1.54) is 19.3 Å². The van der Waals surface area contributed by atoms with E-state index in [2.05, 4.69) is 10.2 Å². The first-order chi connectivity index (χ1) is 10.2. The lowest BCUT2D eigenvalue weighted by atomic mass is 9.87. The molecule has 1 aliphatic heterocycles. The summed E-state index contributed by atoms with van der Waals surface area (Å²) < 4.78 is 5.65. The number of aromatic amines is 1. The molecule has 0 radical (unpaired) electrons. The van der Waals surface area contributed by atoms with E-state index in [4.69, 9.17) is 4.74 Å². The molecule has 5 nitrogen and oxygen atoms in total. The average molecular weight is 291 g/mol. The van der Waals surface area contributed by atoms with Crippen LogP contribution in [0.4, 0.5) is 0 Å². The van der Waals surface area contributed by atoms with Crippen molar-refractivity contribution in [3.63, 3.8) is 0 Å². The molecule has 1 unspecified atom stereocenters. The fourth-order valence-corrected chi connectivity index (χ4v) is 3.74. The number of nitrogens with zero attached hydrogens (tertiary/aromatic N) is 2. The van der Waals surface area contributed by atoms with Crippen LogP contribution in [0.15, 0.2) is 0 Å². The van der Waals surface area contributed by atoms with Crippen LogP contribution in [0.1, 0.15) is 55.1 Å². The lowest BCUT2D eigenvalue weighted by molar-refractivity contribution is -0.145. The summed E-state index contributed by atoms with van der Waals surface area (Å²) in [5.74, 6) is 0.537. The second kappa shape index (κ2) is 6.18. The van der Waals surface area contributed by atoms with Gasteiger partial charge in [0, 0.05) is 23.7 Å². The highest BCUT2D eigenvalue weighted by Crippen LogP contribution is 2.32. The molecular weight excluding hydrogens is 266 g/mol. The van der Waals surface area contributed by atoms with E-state index in [0.717, 1.165) is 29.8 Å². The number of hydrogen-bond acceptors (Lipinski definition) is 3. The van der Waals surface area contributed by atoms with Crippen molar-refractivity contribution in [3.8, 4) is 0 Å². The Morgan fingerprint density at radius 3 is 2.71 bits per heavy atom. The molecule has 1 aliphatic carbocycles. The van der Waals surface area contributed by atoms with E-state index in [0.29, 0.717) is 25.7 Å². The molecule has 2 aliphatic rings. The standard InChI is InChI=1S/C16H25N3O2/c1-11-15(12(2)18-17-11)14-10-21-9-8-19(14)16(20)13-6-4-3-5-7-13/h13-14H,3-10H2,1-2H3,(H,17,18). The molecule has 0 aromatic carbocycles. The average Bonchev–Trinajstić information content (AvgIpc) is 2.86. The van der Waals surface area contributed by atoms with Crippen LogP contribution in [0.5, 0.6) is 0 Å². The van der Waals surface area contributed by atoms with Gasteiger partial charge in [0.15, 0.2) is 0 Å². The summed E-state index contributed by atoms with van der Waals surface area (Å²) in [7, 11) is 0. The van der Waals surface area contributed by atoms with Gasteiger partial charge < -0.3 is 9.64 Å². The van der Waals surface area contributed by atoms with E-state index >= 15 is 0 Å². The summed E-state index contributed by atoms with van der Waals surface area (Å²) in [6, 6.07) is 0.0203. The minimum Gasteiger partial charge on any atom is -0.377 e. The van der Waals surface area contributed by atoms with Gasteiger partial charge in [0.25, 0.3) is 0 Å². The van der Waals surface area contributed by atoms with Crippen LogP contribution < -0.4 is 0 Å². The van der Waals surface area contributed by atoms with Crippen molar-refractivity contribution >= 4 is 5.91 Å². The number of carbonyl (C=O) groups excluding carboxylic acids is 1. The Balaban J connectivity index is 1.82. The topological polar surface area (TPSA) is 58.2 Å². The van der Waals surface area contributed by atoms with E-state index in [-0.39, 0.29) is 12.0 Å². The van der Waals surface area contributed by atoms with Gasteiger partial charge in [0.2, 0.25) is 5.91 Å². The normalized spacial score (nSPS) is 24.3. The maximum atomic E-state index is 12.9. The SMILES string of the molecule is Cc1n[nH]c(C)c1C1COCCN1C(=O)C1CCCCC1. The molecule has 21 heavy (non-hydrogen) atoms. The minimum absolute atomic E-state index is 0.0203. The molecule has 0 spiro atoms. The number of rotatable bonds is 2. The third kappa shape index (κ3) is 2.84. The fourth-order valence-electron chi connectivity index (χ4n) is 3.74. The molecule has 5 heteroatoms. The van der Waals surface area contributed by atoms with Crippen LogP contribution >= 0.6 is 0 Å². The van der Waals surface area contributed by atoms with Gasteiger partial charge in [-0.3, -0.25) is 9.89 Å². The number of amides is 1. The molecule has 1 saturated carbocycles. The number of ether oxygens (including phenoxy) is 1. The van der Waals surface area contributed by atoms with Crippen molar-refractivity contribution in [3.05, 3.63) is 17.0 Å². The molecule has 1 aromatic heterocycles. The molecule has 116 valence electrons. The van der Waals surface area contributed by atoms with Crippen molar-refractivity contribution in [2.75, 3.05) is 19.8 Å². The van der Waals surface area contributed by atoms with Gasteiger partial charge in [-0.05, 0) is 26.7 Å². The van der Waals surface area contributed by atoms with E-state index in [1.807, 2.05) is 18.7 Å².